The van der Waals surface area contributed by atoms with Gasteiger partial charge in [0, 0.05) is 22.9 Å². The predicted octanol–water partition coefficient (Wildman–Crippen LogP) is 4.11. The highest BCUT2D eigenvalue weighted by atomic mass is 35.5. The molecule has 1 heterocycles. The van der Waals surface area contributed by atoms with Crippen LogP contribution in [0, 0.1) is 5.82 Å². The minimum atomic E-state index is -0.595. The number of benzene rings is 2. The lowest BCUT2D eigenvalue weighted by Crippen LogP contribution is -2.45. The third-order valence-corrected chi connectivity index (χ3v) is 4.22. The van der Waals surface area contributed by atoms with Gasteiger partial charge in [0.25, 0.3) is 0 Å². The summed E-state index contributed by atoms with van der Waals surface area (Å²) >= 11 is 5.91. The van der Waals surface area contributed by atoms with Gasteiger partial charge in [0.1, 0.15) is 11.9 Å². The number of hydrogen-bond acceptors (Lipinski definition) is 2. The lowest BCUT2D eigenvalue weighted by molar-refractivity contribution is -0.119. The van der Waals surface area contributed by atoms with Crippen LogP contribution < -0.4 is 10.6 Å². The van der Waals surface area contributed by atoms with Crippen LogP contribution in [0.25, 0.3) is 0 Å². The molecule has 3 amide bonds. The van der Waals surface area contributed by atoms with E-state index in [1.54, 1.807) is 30.3 Å². The summed E-state index contributed by atoms with van der Waals surface area (Å²) in [5.74, 6) is -0.760. The van der Waals surface area contributed by atoms with Crippen LogP contribution in [0.15, 0.2) is 48.5 Å². The molecule has 130 valence electrons. The van der Waals surface area contributed by atoms with Gasteiger partial charge in [-0.25, -0.2) is 9.18 Å². The van der Waals surface area contributed by atoms with Gasteiger partial charge in [0.15, 0.2) is 0 Å². The normalized spacial score (nSPS) is 16.6. The topological polar surface area (TPSA) is 61.4 Å². The second kappa shape index (κ2) is 7.53. The van der Waals surface area contributed by atoms with E-state index in [0.717, 1.165) is 6.42 Å². The van der Waals surface area contributed by atoms with Crippen molar-refractivity contribution in [2.24, 2.45) is 0 Å². The molecule has 1 unspecified atom stereocenters. The standard InChI is InChI=1S/C18H17ClFN3O2/c19-12-4-1-6-14(10-12)22-18(25)23-9-3-8-16(23)17(24)21-15-7-2-5-13(20)11-15/h1-2,4-7,10-11,16H,3,8-9H2,(H,21,24)(H,22,25). The molecule has 2 N–H and O–H groups in total. The van der Waals surface area contributed by atoms with E-state index in [1.165, 1.54) is 23.1 Å². The number of rotatable bonds is 3. The molecule has 7 heteroatoms. The quantitative estimate of drug-likeness (QED) is 0.864. The Morgan fingerprint density at radius 2 is 1.80 bits per heavy atom. The molecule has 2 aromatic rings. The highest BCUT2D eigenvalue weighted by molar-refractivity contribution is 6.30. The zero-order valence-corrected chi connectivity index (χ0v) is 14.1. The molecule has 0 radical (unpaired) electrons. The van der Waals surface area contributed by atoms with Crippen molar-refractivity contribution in [2.45, 2.75) is 18.9 Å². The third kappa shape index (κ3) is 4.28. The first kappa shape index (κ1) is 17.2. The van der Waals surface area contributed by atoms with Gasteiger partial charge in [-0.05, 0) is 49.2 Å². The van der Waals surface area contributed by atoms with Gasteiger partial charge in [-0.15, -0.1) is 0 Å². The van der Waals surface area contributed by atoms with E-state index in [1.807, 2.05) is 0 Å². The second-order valence-electron chi connectivity index (χ2n) is 5.79. The number of hydrogen-bond donors (Lipinski definition) is 2. The number of urea groups is 1. The van der Waals surface area contributed by atoms with Crippen molar-refractivity contribution in [3.63, 3.8) is 0 Å². The second-order valence-corrected chi connectivity index (χ2v) is 6.23. The zero-order valence-electron chi connectivity index (χ0n) is 13.3. The Kier molecular flexibility index (Phi) is 5.19. The molecule has 3 rings (SSSR count). The Labute approximate surface area is 149 Å². The van der Waals surface area contributed by atoms with Crippen LogP contribution >= 0.6 is 11.6 Å². The van der Waals surface area contributed by atoms with Crippen molar-refractivity contribution in [3.8, 4) is 0 Å². The third-order valence-electron chi connectivity index (χ3n) is 3.98. The van der Waals surface area contributed by atoms with Gasteiger partial charge in [0.05, 0.1) is 0 Å². The number of halogens is 2. The van der Waals surface area contributed by atoms with E-state index < -0.39 is 11.9 Å². The molecular formula is C18H17ClFN3O2. The molecule has 25 heavy (non-hydrogen) atoms. The fourth-order valence-electron chi connectivity index (χ4n) is 2.84. The lowest BCUT2D eigenvalue weighted by atomic mass is 10.2. The van der Waals surface area contributed by atoms with Crippen molar-refractivity contribution >= 4 is 34.9 Å². The van der Waals surface area contributed by atoms with E-state index in [9.17, 15) is 14.0 Å². The summed E-state index contributed by atoms with van der Waals surface area (Å²) in [5.41, 5.74) is 0.931. The summed E-state index contributed by atoms with van der Waals surface area (Å²) in [4.78, 5) is 26.4. The SMILES string of the molecule is O=C(Nc1cccc(F)c1)C1CCCN1C(=O)Nc1cccc(Cl)c1. The van der Waals surface area contributed by atoms with E-state index >= 15 is 0 Å². The zero-order chi connectivity index (χ0) is 17.8. The molecule has 1 saturated heterocycles. The van der Waals surface area contributed by atoms with Gasteiger partial charge < -0.3 is 15.5 Å². The summed E-state index contributed by atoms with van der Waals surface area (Å²) in [7, 11) is 0. The Balaban J connectivity index is 1.67. The molecule has 1 aliphatic heterocycles. The van der Waals surface area contributed by atoms with Crippen molar-refractivity contribution in [1.29, 1.82) is 0 Å². The first-order chi connectivity index (χ1) is 12.0. The Hall–Kier alpha value is -2.60. The molecule has 5 nitrogen and oxygen atoms in total. The monoisotopic (exact) mass is 361 g/mol. The summed E-state index contributed by atoms with van der Waals surface area (Å²) in [5, 5.41) is 5.92. The molecule has 0 bridgehead atoms. The van der Waals surface area contributed by atoms with Crippen LogP contribution in [0.5, 0.6) is 0 Å². The Morgan fingerprint density at radius 3 is 2.52 bits per heavy atom. The Morgan fingerprint density at radius 1 is 1.08 bits per heavy atom. The molecule has 0 aromatic heterocycles. The minimum Gasteiger partial charge on any atom is -0.324 e. The van der Waals surface area contributed by atoms with E-state index in [4.69, 9.17) is 11.6 Å². The maximum Gasteiger partial charge on any atom is 0.322 e. The fourth-order valence-corrected chi connectivity index (χ4v) is 3.03. The van der Waals surface area contributed by atoms with Gasteiger partial charge in [-0.2, -0.15) is 0 Å². The van der Waals surface area contributed by atoms with Crippen molar-refractivity contribution in [1.82, 2.24) is 4.90 Å². The van der Waals surface area contributed by atoms with Gasteiger partial charge in [-0.3, -0.25) is 4.79 Å². The van der Waals surface area contributed by atoms with Crippen LogP contribution in [0.3, 0.4) is 0 Å². The summed E-state index contributed by atoms with van der Waals surface area (Å²) in [6.07, 6.45) is 1.29. The molecule has 0 aliphatic carbocycles. The lowest BCUT2D eigenvalue weighted by Gasteiger charge is -2.24. The van der Waals surface area contributed by atoms with E-state index in [0.29, 0.717) is 29.4 Å². The highest BCUT2D eigenvalue weighted by Gasteiger charge is 2.34. The van der Waals surface area contributed by atoms with Crippen molar-refractivity contribution < 1.29 is 14.0 Å². The van der Waals surface area contributed by atoms with Gasteiger partial charge >= 0.3 is 6.03 Å². The first-order valence-electron chi connectivity index (χ1n) is 7.92. The number of carbonyl (C=O) groups excluding carboxylic acids is 2. The average molecular weight is 362 g/mol. The van der Waals surface area contributed by atoms with Crippen molar-refractivity contribution in [3.05, 3.63) is 59.4 Å². The van der Waals surface area contributed by atoms with Crippen molar-refractivity contribution in [2.75, 3.05) is 17.2 Å². The number of nitrogens with one attached hydrogen (secondary N) is 2. The Bertz CT molecular complexity index is 734. The number of anilines is 2. The smallest absolute Gasteiger partial charge is 0.322 e. The number of likely N-dealkylation sites (tertiary alicyclic amines) is 1. The van der Waals surface area contributed by atoms with E-state index in [-0.39, 0.29) is 11.9 Å². The van der Waals surface area contributed by atoms with Crippen LogP contribution in [0.1, 0.15) is 12.8 Å². The van der Waals surface area contributed by atoms with Crippen LogP contribution in [0.2, 0.25) is 5.02 Å². The summed E-state index contributed by atoms with van der Waals surface area (Å²) < 4.78 is 13.2. The fraction of sp³-hybridized carbons (Fsp3) is 0.222. The molecule has 1 atom stereocenters. The average Bonchev–Trinajstić information content (AvgIpc) is 3.04. The summed E-state index contributed by atoms with van der Waals surface area (Å²) in [6.45, 7) is 0.480. The van der Waals surface area contributed by atoms with Crippen LogP contribution in [-0.2, 0) is 4.79 Å². The van der Waals surface area contributed by atoms with E-state index in [2.05, 4.69) is 10.6 Å². The predicted molar refractivity (Wildman–Crippen MR) is 95.2 cm³/mol. The van der Waals surface area contributed by atoms with Crippen LogP contribution in [-0.4, -0.2) is 29.4 Å². The summed E-state index contributed by atoms with van der Waals surface area (Å²) in [6, 6.07) is 11.5. The minimum absolute atomic E-state index is 0.329. The number of amides is 3. The first-order valence-corrected chi connectivity index (χ1v) is 8.30. The molecule has 0 spiro atoms. The van der Waals surface area contributed by atoms with Crippen LogP contribution in [0.4, 0.5) is 20.6 Å². The molecule has 0 saturated carbocycles. The maximum absolute atomic E-state index is 13.2. The number of carbonyl (C=O) groups is 2. The maximum atomic E-state index is 13.2. The molecule has 1 aliphatic rings. The van der Waals surface area contributed by atoms with Gasteiger partial charge in [-0.1, -0.05) is 23.7 Å². The number of nitrogens with zero attached hydrogens (tertiary/aromatic N) is 1. The molecule has 2 aromatic carbocycles. The van der Waals surface area contributed by atoms with Gasteiger partial charge in [0.2, 0.25) is 5.91 Å². The molecule has 1 fully saturated rings. The molecular weight excluding hydrogens is 345 g/mol. The largest absolute Gasteiger partial charge is 0.324 e. The highest BCUT2D eigenvalue weighted by Crippen LogP contribution is 2.22.